The molecule has 31 nitrogen and oxygen atoms in total. The van der Waals surface area contributed by atoms with Crippen molar-refractivity contribution in [2.45, 2.75) is 127 Å². The molecule has 8 rings (SSSR count). The third-order valence-corrected chi connectivity index (χ3v) is 17.0. The minimum Gasteiger partial charge on any atom is -0.394 e. The van der Waals surface area contributed by atoms with E-state index in [0.29, 0.717) is 0 Å². The normalized spacial score (nSPS) is 29.8. The van der Waals surface area contributed by atoms with Crippen LogP contribution < -0.4 is 45.0 Å². The smallest absolute Gasteiger partial charge is 0.330 e. The zero-order chi connectivity index (χ0) is 56.1. The highest BCUT2D eigenvalue weighted by molar-refractivity contribution is 7.53. The summed E-state index contributed by atoms with van der Waals surface area (Å²) in [5, 5.41) is 20.9. The van der Waals surface area contributed by atoms with Gasteiger partial charge in [0.05, 0.1) is 50.8 Å². The summed E-state index contributed by atoms with van der Waals surface area (Å²) in [7, 11) is -12.6. The first-order chi connectivity index (χ1) is 36.1. The molecule has 8 heterocycles. The van der Waals surface area contributed by atoms with Crippen molar-refractivity contribution >= 4 is 22.8 Å². The summed E-state index contributed by atoms with van der Waals surface area (Å²) in [5.41, 5.74) is -5.13. The molecule has 0 saturated carbocycles. The van der Waals surface area contributed by atoms with Crippen molar-refractivity contribution in [2.24, 2.45) is 0 Å². The largest absolute Gasteiger partial charge is 0.394 e. The van der Waals surface area contributed by atoms with Crippen LogP contribution in [0.15, 0.2) is 63.1 Å². The van der Waals surface area contributed by atoms with E-state index < -0.39 is 168 Å². The van der Waals surface area contributed by atoms with E-state index in [4.69, 9.17) is 46.1 Å². The van der Waals surface area contributed by atoms with Gasteiger partial charge in [-0.15, -0.1) is 0 Å². The molecule has 4 aliphatic heterocycles. The average molecular weight is 1150 g/mol. The molecular formula is C43H59N8O23P3. The van der Waals surface area contributed by atoms with Gasteiger partial charge in [-0.2, -0.15) is 0 Å². The van der Waals surface area contributed by atoms with Crippen LogP contribution in [0.2, 0.25) is 0 Å². The number of nitrogens with zero attached hydrogens (tertiary/aromatic N) is 4. The number of hydrogen-bond acceptors (Lipinski definition) is 23. The molecule has 77 heavy (non-hydrogen) atoms. The van der Waals surface area contributed by atoms with Crippen molar-refractivity contribution in [1.29, 1.82) is 0 Å². The highest BCUT2D eigenvalue weighted by atomic mass is 31.2. The van der Waals surface area contributed by atoms with Gasteiger partial charge in [0.1, 0.15) is 49.3 Å². The van der Waals surface area contributed by atoms with Crippen molar-refractivity contribution in [1.82, 2.24) is 38.2 Å². The zero-order valence-corrected chi connectivity index (χ0v) is 45.2. The quantitative estimate of drug-likeness (QED) is 0.0613. The summed E-state index contributed by atoms with van der Waals surface area (Å²) < 4.78 is 106. The fourth-order valence-electron chi connectivity index (χ4n) is 9.10. The molecule has 0 aliphatic carbocycles. The summed E-state index contributed by atoms with van der Waals surface area (Å²) in [5.74, 6) is 0. The van der Waals surface area contributed by atoms with Gasteiger partial charge in [0.15, 0.2) is 0 Å². The second kappa shape index (κ2) is 23.0. The number of H-pyrrole nitrogens is 4. The van der Waals surface area contributed by atoms with Crippen LogP contribution in [-0.2, 0) is 59.8 Å². The van der Waals surface area contributed by atoms with E-state index in [1.807, 2.05) is 0 Å². The lowest BCUT2D eigenvalue weighted by Gasteiger charge is -2.27. The number of ether oxygens (including phenoxy) is 4. The van der Waals surface area contributed by atoms with Crippen LogP contribution in [0.3, 0.4) is 0 Å². The number of aliphatic hydroxyl groups excluding tert-OH is 2. The van der Waals surface area contributed by atoms with Gasteiger partial charge in [-0.1, -0.05) is 0 Å². The van der Waals surface area contributed by atoms with Crippen molar-refractivity contribution in [3.8, 4) is 0 Å². The number of aryl methyl sites for hydroxylation is 4. The highest BCUT2D eigenvalue weighted by Crippen LogP contribution is 2.54. The SMILES string of the molecule is Cc1cn([C@H]2C[C@H](OP(C)(=O)OC[C@H]3O[C@@H](n4cc(C)c(=O)[nH]c4=O)C[C@@H]3OP(C)(=O)OC[C@H]3O[C@@H](n4cc(C)c(=O)[nH]c4=O)C[C@@H]3OP(C)(=O)OC[C@H]3O[C@@H](n4cc(C)c(=O)[nH]c4=O)C[C@@H]3O)[C@@H](CO)O2)c(=O)[nH]c1=O. The molecule has 15 atom stereocenters. The third kappa shape index (κ3) is 13.5. The van der Waals surface area contributed by atoms with Gasteiger partial charge in [-0.3, -0.25) is 71.1 Å². The van der Waals surface area contributed by atoms with E-state index in [-0.39, 0.29) is 47.9 Å². The predicted molar refractivity (Wildman–Crippen MR) is 265 cm³/mol. The van der Waals surface area contributed by atoms with Crippen LogP contribution in [0.1, 0.15) is 72.8 Å². The monoisotopic (exact) mass is 1150 g/mol. The standard InChI is InChI=1S/C43H59N8O23P3/c1-20-12-48(40(58)44-36(20)54)32-8-24(53)29(69-32)17-65-75(5,62)73-26-10-34(50-14-22(3)38(56)46-42(50)60)71-31(26)19-67-77(7,64)74-27-11-35(51-15-23(4)39(57)47-43(51)61)70-30(27)18-66-76(6,63)72-25-9-33(68-28(25)16-52)49-13-21(2)37(55)45-41(49)59/h12-15,24-35,52-53H,8-11,16-19H2,1-7H3,(H,44,54,58)(H,45,55,59)(H,46,56,60)(H,47,57,61)/t24-,25-,26-,27-,28+,29+,30+,31+,32+,33+,34+,35+,75?,76?,77?/m0/s1. The highest BCUT2D eigenvalue weighted by Gasteiger charge is 2.47. The van der Waals surface area contributed by atoms with E-state index >= 15 is 0 Å². The van der Waals surface area contributed by atoms with Crippen LogP contribution in [0, 0.1) is 27.7 Å². The van der Waals surface area contributed by atoms with Gasteiger partial charge < -0.3 is 56.3 Å². The Morgan fingerprint density at radius 1 is 0.468 bits per heavy atom. The maximum absolute atomic E-state index is 14.4. The van der Waals surface area contributed by atoms with Crippen LogP contribution in [0.5, 0.6) is 0 Å². The molecule has 3 unspecified atom stereocenters. The lowest BCUT2D eigenvalue weighted by atomic mass is 10.2. The van der Waals surface area contributed by atoms with Gasteiger partial charge >= 0.3 is 45.5 Å². The van der Waals surface area contributed by atoms with Crippen LogP contribution in [0.4, 0.5) is 0 Å². The summed E-state index contributed by atoms with van der Waals surface area (Å²) in [6, 6.07) is 0. The van der Waals surface area contributed by atoms with Crippen LogP contribution >= 0.6 is 22.8 Å². The minimum absolute atomic E-state index is 0.0895. The molecule has 4 saturated heterocycles. The molecule has 0 radical (unpaired) electrons. The van der Waals surface area contributed by atoms with Gasteiger partial charge in [-0.25, -0.2) is 19.2 Å². The summed E-state index contributed by atoms with van der Waals surface area (Å²) in [6.45, 7) is 6.83. The van der Waals surface area contributed by atoms with Crippen LogP contribution in [0.25, 0.3) is 0 Å². The van der Waals surface area contributed by atoms with Crippen molar-refractivity contribution in [3.05, 3.63) is 130 Å². The van der Waals surface area contributed by atoms with Gasteiger partial charge in [0, 0.05) is 92.7 Å². The lowest BCUT2D eigenvalue weighted by Crippen LogP contribution is -2.33. The second-order valence-corrected chi connectivity index (χ2v) is 25.3. The molecule has 6 N–H and O–H groups in total. The summed E-state index contributed by atoms with van der Waals surface area (Å²) in [6.07, 6.45) is -9.66. The molecule has 0 amide bonds. The van der Waals surface area contributed by atoms with Crippen molar-refractivity contribution < 1.29 is 70.0 Å². The first-order valence-corrected chi connectivity index (χ1v) is 30.0. The first-order valence-electron chi connectivity index (χ1n) is 24.0. The van der Waals surface area contributed by atoms with E-state index in [1.54, 1.807) is 0 Å². The Kier molecular flexibility index (Phi) is 17.3. The van der Waals surface area contributed by atoms with E-state index in [2.05, 4.69) is 19.9 Å². The van der Waals surface area contributed by atoms with Gasteiger partial charge in [0.2, 0.25) is 0 Å². The van der Waals surface area contributed by atoms with Gasteiger partial charge in [-0.05, 0) is 27.7 Å². The Morgan fingerprint density at radius 3 is 1.04 bits per heavy atom. The number of aliphatic hydroxyl groups is 2. The molecule has 0 spiro atoms. The molecular weight excluding hydrogens is 1090 g/mol. The number of hydrogen-bond donors (Lipinski definition) is 6. The summed E-state index contributed by atoms with van der Waals surface area (Å²) in [4.78, 5) is 108. The molecule has 0 aromatic carbocycles. The van der Waals surface area contributed by atoms with Crippen molar-refractivity contribution in [2.75, 3.05) is 46.4 Å². The molecule has 4 aliphatic rings. The van der Waals surface area contributed by atoms with Crippen molar-refractivity contribution in [3.63, 3.8) is 0 Å². The Morgan fingerprint density at radius 2 is 0.727 bits per heavy atom. The number of aromatic nitrogens is 8. The Bertz CT molecular complexity index is 3510. The fraction of sp³-hybridized carbons (Fsp3) is 0.628. The third-order valence-electron chi connectivity index (χ3n) is 13.2. The van der Waals surface area contributed by atoms with E-state index in [9.17, 15) is 62.3 Å². The molecule has 4 aromatic heterocycles. The maximum Gasteiger partial charge on any atom is 0.330 e. The maximum atomic E-state index is 14.4. The minimum atomic E-state index is -4.31. The number of rotatable bonds is 20. The molecule has 4 aromatic rings. The molecule has 4 fully saturated rings. The topological polar surface area (TPSA) is 403 Å². The number of aromatic amines is 4. The first kappa shape index (κ1) is 58.1. The Hall–Kier alpha value is -5.07. The fourth-order valence-corrected chi connectivity index (χ4v) is 12.7. The molecule has 34 heteroatoms. The zero-order valence-electron chi connectivity index (χ0n) is 42.5. The van der Waals surface area contributed by atoms with Crippen LogP contribution in [-0.4, -0.2) is 144 Å². The number of nitrogens with one attached hydrogen (secondary N) is 4. The molecule has 0 bridgehead atoms. The second-order valence-electron chi connectivity index (χ2n) is 19.3. The lowest BCUT2D eigenvalue weighted by molar-refractivity contribution is -0.0556. The molecule has 424 valence electrons. The average Bonchev–Trinajstić information content (AvgIpc) is 4.16. The van der Waals surface area contributed by atoms with E-state index in [0.717, 1.165) is 38.3 Å². The van der Waals surface area contributed by atoms with E-state index in [1.165, 1.54) is 52.5 Å². The van der Waals surface area contributed by atoms with Gasteiger partial charge in [0.25, 0.3) is 22.2 Å². The Balaban J connectivity index is 0.963. The summed E-state index contributed by atoms with van der Waals surface area (Å²) >= 11 is 0. The predicted octanol–water partition coefficient (Wildman–Crippen LogP) is -0.402. The Labute approximate surface area is 433 Å².